The van der Waals surface area contributed by atoms with Crippen LogP contribution in [0.3, 0.4) is 0 Å². The van der Waals surface area contributed by atoms with Crippen LogP contribution in [0.4, 0.5) is 5.82 Å². The molecule has 4 atom stereocenters. The lowest BCUT2D eigenvalue weighted by atomic mass is 9.84. The van der Waals surface area contributed by atoms with E-state index in [0.29, 0.717) is 18.3 Å². The van der Waals surface area contributed by atoms with Gasteiger partial charge >= 0.3 is 0 Å². The number of carbonyl (C=O) groups excluding carboxylic acids is 1. The number of hydrogen-bond acceptors (Lipinski definition) is 4. The fraction of sp³-hybridized carbons (Fsp3) is 0.688. The van der Waals surface area contributed by atoms with Crippen molar-refractivity contribution in [3.05, 3.63) is 17.8 Å². The maximum absolute atomic E-state index is 11.6. The van der Waals surface area contributed by atoms with Gasteiger partial charge in [0.15, 0.2) is 5.69 Å². The van der Waals surface area contributed by atoms with Crippen LogP contribution >= 0.6 is 0 Å². The van der Waals surface area contributed by atoms with E-state index >= 15 is 0 Å². The average Bonchev–Trinajstić information content (AvgIpc) is 3.11. The zero-order chi connectivity index (χ0) is 14.8. The van der Waals surface area contributed by atoms with E-state index in [1.54, 1.807) is 6.07 Å². The third-order valence-corrected chi connectivity index (χ3v) is 5.05. The zero-order valence-corrected chi connectivity index (χ0v) is 12.8. The highest BCUT2D eigenvalue weighted by molar-refractivity contribution is 5.92. The number of amides is 1. The number of nitrogens with one attached hydrogen (secondary N) is 2. The summed E-state index contributed by atoms with van der Waals surface area (Å²) in [6, 6.07) is 4.00. The quantitative estimate of drug-likeness (QED) is 0.873. The maximum Gasteiger partial charge on any atom is 0.271 e. The third kappa shape index (κ3) is 3.01. The van der Waals surface area contributed by atoms with Gasteiger partial charge in [-0.15, -0.1) is 10.2 Å². The molecule has 0 saturated heterocycles. The van der Waals surface area contributed by atoms with Crippen molar-refractivity contribution in [2.45, 2.75) is 45.6 Å². The van der Waals surface area contributed by atoms with Gasteiger partial charge in [0.25, 0.3) is 5.91 Å². The predicted molar refractivity (Wildman–Crippen MR) is 82.1 cm³/mol. The van der Waals surface area contributed by atoms with Gasteiger partial charge in [0.05, 0.1) is 0 Å². The molecule has 0 spiro atoms. The van der Waals surface area contributed by atoms with Gasteiger partial charge in [-0.05, 0) is 63.0 Å². The molecule has 5 heteroatoms. The first-order valence-electron chi connectivity index (χ1n) is 8.05. The van der Waals surface area contributed by atoms with E-state index < -0.39 is 0 Å². The predicted octanol–water partition coefficient (Wildman–Crippen LogP) is 2.46. The van der Waals surface area contributed by atoms with E-state index in [-0.39, 0.29) is 5.91 Å². The summed E-state index contributed by atoms with van der Waals surface area (Å²) < 4.78 is 0. The Morgan fingerprint density at radius 2 is 2.19 bits per heavy atom. The molecule has 2 bridgehead atoms. The van der Waals surface area contributed by atoms with Gasteiger partial charge in [0, 0.05) is 12.6 Å². The number of carbonyl (C=O) groups is 1. The van der Waals surface area contributed by atoms with Gasteiger partial charge in [-0.1, -0.05) is 6.42 Å². The van der Waals surface area contributed by atoms with Crippen molar-refractivity contribution < 1.29 is 4.79 Å². The molecular weight excluding hydrogens is 264 g/mol. The number of nitrogens with zero attached hydrogens (tertiary/aromatic N) is 2. The average molecular weight is 288 g/mol. The summed E-state index contributed by atoms with van der Waals surface area (Å²) in [6.45, 7) is 4.73. The minimum Gasteiger partial charge on any atom is -0.366 e. The summed E-state index contributed by atoms with van der Waals surface area (Å²) in [5.74, 6) is 3.19. The van der Waals surface area contributed by atoms with Crippen LogP contribution in [0.1, 0.15) is 50.0 Å². The SMILES string of the molecule is CCNC(=O)c1ccc(NC(C)C2CC3CCC2C3)nn1. The van der Waals surface area contributed by atoms with Crippen molar-refractivity contribution in [3.63, 3.8) is 0 Å². The van der Waals surface area contributed by atoms with E-state index in [4.69, 9.17) is 0 Å². The van der Waals surface area contributed by atoms with Crippen LogP contribution in [0.2, 0.25) is 0 Å². The smallest absolute Gasteiger partial charge is 0.271 e. The number of anilines is 1. The molecule has 0 radical (unpaired) electrons. The van der Waals surface area contributed by atoms with Crippen molar-refractivity contribution in [1.82, 2.24) is 15.5 Å². The molecule has 1 amide bonds. The standard InChI is InChI=1S/C16H24N4O/c1-3-17-16(21)14-6-7-15(20-19-14)18-10(2)13-9-11-4-5-12(13)8-11/h6-7,10-13H,3-5,8-9H2,1-2H3,(H,17,21)(H,18,20). The first-order valence-corrected chi connectivity index (χ1v) is 8.05. The molecule has 2 N–H and O–H groups in total. The molecule has 2 aliphatic rings. The Morgan fingerprint density at radius 1 is 1.33 bits per heavy atom. The molecule has 4 unspecified atom stereocenters. The third-order valence-electron chi connectivity index (χ3n) is 5.05. The first-order chi connectivity index (χ1) is 10.2. The highest BCUT2D eigenvalue weighted by Gasteiger charge is 2.41. The first kappa shape index (κ1) is 14.3. The van der Waals surface area contributed by atoms with Gasteiger partial charge in [0.2, 0.25) is 0 Å². The van der Waals surface area contributed by atoms with Crippen molar-refractivity contribution in [2.75, 3.05) is 11.9 Å². The highest BCUT2D eigenvalue weighted by atomic mass is 16.1. The lowest BCUT2D eigenvalue weighted by Gasteiger charge is -2.28. The lowest BCUT2D eigenvalue weighted by Crippen LogP contribution is -2.30. The van der Waals surface area contributed by atoms with Crippen LogP contribution < -0.4 is 10.6 Å². The molecular formula is C16H24N4O. The second kappa shape index (κ2) is 6.00. The second-order valence-corrected chi connectivity index (χ2v) is 6.43. The lowest BCUT2D eigenvalue weighted by molar-refractivity contribution is 0.0950. The topological polar surface area (TPSA) is 66.9 Å². The Bertz CT molecular complexity index is 502. The van der Waals surface area contributed by atoms with Crippen molar-refractivity contribution in [3.8, 4) is 0 Å². The molecule has 5 nitrogen and oxygen atoms in total. The summed E-state index contributed by atoms with van der Waals surface area (Å²) in [5.41, 5.74) is 0.370. The van der Waals surface area contributed by atoms with Gasteiger partial charge in [0.1, 0.15) is 5.82 Å². The van der Waals surface area contributed by atoms with E-state index in [1.165, 1.54) is 25.7 Å². The summed E-state index contributed by atoms with van der Waals surface area (Å²) in [6.07, 6.45) is 5.58. The molecule has 1 heterocycles. The van der Waals surface area contributed by atoms with Crippen LogP contribution in [-0.2, 0) is 0 Å². The van der Waals surface area contributed by atoms with Crippen LogP contribution in [0.25, 0.3) is 0 Å². The fourth-order valence-corrected chi connectivity index (χ4v) is 4.03. The van der Waals surface area contributed by atoms with Crippen molar-refractivity contribution in [1.29, 1.82) is 0 Å². The number of fused-ring (bicyclic) bond motifs is 2. The molecule has 1 aromatic heterocycles. The molecule has 21 heavy (non-hydrogen) atoms. The molecule has 1 aromatic rings. The summed E-state index contributed by atoms with van der Waals surface area (Å²) in [4.78, 5) is 11.6. The second-order valence-electron chi connectivity index (χ2n) is 6.43. The van der Waals surface area contributed by atoms with E-state index in [9.17, 15) is 4.79 Å². The Kier molecular flexibility index (Phi) is 4.08. The molecule has 0 aliphatic heterocycles. The van der Waals surface area contributed by atoms with Gasteiger partial charge in [-0.25, -0.2) is 0 Å². The molecule has 2 aliphatic carbocycles. The van der Waals surface area contributed by atoms with E-state index in [2.05, 4.69) is 27.8 Å². The van der Waals surface area contributed by atoms with Gasteiger partial charge in [-0.2, -0.15) is 0 Å². The van der Waals surface area contributed by atoms with Crippen LogP contribution in [-0.4, -0.2) is 28.7 Å². The zero-order valence-electron chi connectivity index (χ0n) is 12.8. The molecule has 3 rings (SSSR count). The summed E-state index contributed by atoms with van der Waals surface area (Å²) in [7, 11) is 0. The number of rotatable bonds is 5. The van der Waals surface area contributed by atoms with E-state index in [0.717, 1.165) is 23.6 Å². The van der Waals surface area contributed by atoms with E-state index in [1.807, 2.05) is 13.0 Å². The maximum atomic E-state index is 11.6. The summed E-state index contributed by atoms with van der Waals surface area (Å²) in [5, 5.41) is 14.3. The fourth-order valence-electron chi connectivity index (χ4n) is 4.03. The van der Waals surface area contributed by atoms with Crippen molar-refractivity contribution >= 4 is 11.7 Å². The Labute approximate surface area is 125 Å². The Balaban J connectivity index is 1.59. The highest BCUT2D eigenvalue weighted by Crippen LogP contribution is 2.49. The minimum absolute atomic E-state index is 0.169. The Morgan fingerprint density at radius 3 is 2.76 bits per heavy atom. The van der Waals surface area contributed by atoms with Gasteiger partial charge in [-0.3, -0.25) is 4.79 Å². The molecule has 114 valence electrons. The largest absolute Gasteiger partial charge is 0.366 e. The number of hydrogen-bond donors (Lipinski definition) is 2. The van der Waals surface area contributed by atoms with Crippen molar-refractivity contribution in [2.24, 2.45) is 17.8 Å². The van der Waals surface area contributed by atoms with Crippen LogP contribution in [0, 0.1) is 17.8 Å². The molecule has 2 saturated carbocycles. The van der Waals surface area contributed by atoms with Crippen LogP contribution in [0.5, 0.6) is 0 Å². The molecule has 0 aromatic carbocycles. The summed E-state index contributed by atoms with van der Waals surface area (Å²) >= 11 is 0. The normalized spacial score (nSPS) is 28.4. The van der Waals surface area contributed by atoms with Crippen LogP contribution in [0.15, 0.2) is 12.1 Å². The number of aromatic nitrogens is 2. The minimum atomic E-state index is -0.169. The molecule has 2 fully saturated rings. The Hall–Kier alpha value is -1.65. The monoisotopic (exact) mass is 288 g/mol. The van der Waals surface area contributed by atoms with Gasteiger partial charge < -0.3 is 10.6 Å².